The first-order valence-corrected chi connectivity index (χ1v) is 5.96. The van der Waals surface area contributed by atoms with E-state index in [2.05, 4.69) is 17.2 Å². The van der Waals surface area contributed by atoms with Gasteiger partial charge < -0.3 is 14.5 Å². The molecule has 0 amide bonds. The maximum absolute atomic E-state index is 11.1. The van der Waals surface area contributed by atoms with Gasteiger partial charge in [-0.3, -0.25) is 4.79 Å². The lowest BCUT2D eigenvalue weighted by atomic mass is 10.1. The van der Waals surface area contributed by atoms with Gasteiger partial charge in [0.15, 0.2) is 0 Å². The SMILES string of the molecule is CCNCCc1coc2nccc(OC(C)=O)c12. The van der Waals surface area contributed by atoms with Gasteiger partial charge in [0.2, 0.25) is 5.71 Å². The predicted octanol–water partition coefficient (Wildman–Crippen LogP) is 1.91. The lowest BCUT2D eigenvalue weighted by molar-refractivity contribution is -0.131. The molecule has 0 saturated carbocycles. The third-order valence-electron chi connectivity index (χ3n) is 2.59. The van der Waals surface area contributed by atoms with E-state index in [1.807, 2.05) is 0 Å². The number of esters is 1. The average Bonchev–Trinajstić information content (AvgIpc) is 2.73. The summed E-state index contributed by atoms with van der Waals surface area (Å²) in [6.07, 6.45) is 4.04. The Kier molecular flexibility index (Phi) is 3.94. The van der Waals surface area contributed by atoms with Crippen LogP contribution in [0.4, 0.5) is 0 Å². The van der Waals surface area contributed by atoms with E-state index in [-0.39, 0.29) is 5.97 Å². The highest BCUT2D eigenvalue weighted by atomic mass is 16.5. The van der Waals surface area contributed by atoms with Gasteiger partial charge in [0, 0.05) is 24.8 Å². The van der Waals surface area contributed by atoms with Crippen LogP contribution in [0.3, 0.4) is 0 Å². The van der Waals surface area contributed by atoms with Gasteiger partial charge in [-0.05, 0) is 19.5 Å². The molecule has 5 nitrogen and oxygen atoms in total. The summed E-state index contributed by atoms with van der Waals surface area (Å²) in [5.74, 6) is 0.161. The number of likely N-dealkylation sites (N-methyl/N-ethyl adjacent to an activating group) is 1. The van der Waals surface area contributed by atoms with Crippen molar-refractivity contribution in [2.75, 3.05) is 13.1 Å². The number of furan rings is 1. The fraction of sp³-hybridized carbons (Fsp3) is 0.385. The Morgan fingerprint density at radius 3 is 3.11 bits per heavy atom. The van der Waals surface area contributed by atoms with Crippen molar-refractivity contribution >= 4 is 17.1 Å². The standard InChI is InChI=1S/C13H16N2O3/c1-3-14-6-4-10-8-17-13-12(10)11(5-7-15-13)18-9(2)16/h5,7-8,14H,3-4,6H2,1-2H3. The van der Waals surface area contributed by atoms with Crippen molar-refractivity contribution in [1.82, 2.24) is 10.3 Å². The van der Waals surface area contributed by atoms with Gasteiger partial charge in [0.05, 0.1) is 11.6 Å². The third kappa shape index (κ3) is 2.68. The molecule has 0 radical (unpaired) electrons. The molecule has 18 heavy (non-hydrogen) atoms. The topological polar surface area (TPSA) is 64.4 Å². The molecule has 0 bridgehead atoms. The zero-order chi connectivity index (χ0) is 13.0. The number of pyridine rings is 1. The van der Waals surface area contributed by atoms with Crippen LogP contribution in [0, 0.1) is 0 Å². The molecule has 1 N–H and O–H groups in total. The molecule has 2 heterocycles. The maximum Gasteiger partial charge on any atom is 0.308 e. The average molecular weight is 248 g/mol. The number of carbonyl (C=O) groups is 1. The van der Waals surface area contributed by atoms with Crippen LogP contribution in [0.2, 0.25) is 0 Å². The monoisotopic (exact) mass is 248 g/mol. The van der Waals surface area contributed by atoms with Crippen LogP contribution < -0.4 is 10.1 Å². The molecule has 5 heteroatoms. The Hall–Kier alpha value is -1.88. The lowest BCUT2D eigenvalue weighted by Gasteiger charge is -2.04. The highest BCUT2D eigenvalue weighted by molar-refractivity contribution is 5.87. The molecule has 0 fully saturated rings. The van der Waals surface area contributed by atoms with Crippen LogP contribution in [0.25, 0.3) is 11.1 Å². The summed E-state index contributed by atoms with van der Waals surface area (Å²) in [7, 11) is 0. The van der Waals surface area contributed by atoms with Gasteiger partial charge in [0.25, 0.3) is 0 Å². The Morgan fingerprint density at radius 1 is 1.56 bits per heavy atom. The van der Waals surface area contributed by atoms with Crippen molar-refractivity contribution in [3.8, 4) is 5.75 Å². The van der Waals surface area contributed by atoms with Gasteiger partial charge in [-0.2, -0.15) is 0 Å². The first kappa shape index (κ1) is 12.6. The van der Waals surface area contributed by atoms with Crippen LogP contribution in [-0.4, -0.2) is 24.0 Å². The van der Waals surface area contributed by atoms with Crippen molar-refractivity contribution in [3.05, 3.63) is 24.1 Å². The summed E-state index contributed by atoms with van der Waals surface area (Å²) in [6, 6.07) is 1.68. The molecule has 0 aromatic carbocycles. The Morgan fingerprint density at radius 2 is 2.39 bits per heavy atom. The maximum atomic E-state index is 11.1. The zero-order valence-corrected chi connectivity index (χ0v) is 10.5. The van der Waals surface area contributed by atoms with E-state index in [1.165, 1.54) is 6.92 Å². The van der Waals surface area contributed by atoms with E-state index in [1.54, 1.807) is 18.5 Å². The van der Waals surface area contributed by atoms with Gasteiger partial charge in [-0.1, -0.05) is 6.92 Å². The van der Waals surface area contributed by atoms with Crippen molar-refractivity contribution in [2.45, 2.75) is 20.3 Å². The molecule has 96 valence electrons. The van der Waals surface area contributed by atoms with E-state index in [0.29, 0.717) is 11.5 Å². The molecular formula is C13H16N2O3. The number of fused-ring (bicyclic) bond motifs is 1. The summed E-state index contributed by atoms with van der Waals surface area (Å²) in [5, 5.41) is 4.02. The minimum atomic E-state index is -0.346. The predicted molar refractivity (Wildman–Crippen MR) is 67.6 cm³/mol. The van der Waals surface area contributed by atoms with Crippen molar-refractivity contribution in [1.29, 1.82) is 0 Å². The highest BCUT2D eigenvalue weighted by Gasteiger charge is 2.13. The van der Waals surface area contributed by atoms with Gasteiger partial charge in [-0.15, -0.1) is 0 Å². The number of aromatic nitrogens is 1. The summed E-state index contributed by atoms with van der Waals surface area (Å²) in [6.45, 7) is 5.20. The normalized spacial score (nSPS) is 10.8. The number of nitrogens with zero attached hydrogens (tertiary/aromatic N) is 1. The highest BCUT2D eigenvalue weighted by Crippen LogP contribution is 2.29. The summed E-state index contributed by atoms with van der Waals surface area (Å²) in [5.41, 5.74) is 1.50. The molecule has 0 aliphatic carbocycles. The Labute approximate surface area is 105 Å². The number of rotatable bonds is 5. The summed E-state index contributed by atoms with van der Waals surface area (Å²) >= 11 is 0. The van der Waals surface area contributed by atoms with Crippen molar-refractivity contribution < 1.29 is 13.9 Å². The minimum absolute atomic E-state index is 0.346. The third-order valence-corrected chi connectivity index (χ3v) is 2.59. The number of carbonyl (C=O) groups excluding carboxylic acids is 1. The van der Waals surface area contributed by atoms with Gasteiger partial charge in [-0.25, -0.2) is 4.98 Å². The van der Waals surface area contributed by atoms with Crippen molar-refractivity contribution in [2.24, 2.45) is 0 Å². The molecule has 2 aromatic heterocycles. The second-order valence-electron chi connectivity index (χ2n) is 3.95. The van der Waals surface area contributed by atoms with Gasteiger partial charge >= 0.3 is 5.97 Å². The molecule has 2 rings (SSSR count). The smallest absolute Gasteiger partial charge is 0.308 e. The molecule has 0 spiro atoms. The van der Waals surface area contributed by atoms with Crippen LogP contribution >= 0.6 is 0 Å². The fourth-order valence-electron chi connectivity index (χ4n) is 1.82. The van der Waals surface area contributed by atoms with Crippen LogP contribution in [-0.2, 0) is 11.2 Å². The van der Waals surface area contributed by atoms with Gasteiger partial charge in [0.1, 0.15) is 5.75 Å². The molecule has 2 aromatic rings. The number of nitrogens with one attached hydrogen (secondary N) is 1. The summed E-state index contributed by atoms with van der Waals surface area (Å²) in [4.78, 5) is 15.2. The fourth-order valence-corrected chi connectivity index (χ4v) is 1.82. The van der Waals surface area contributed by atoms with Crippen LogP contribution in [0.15, 0.2) is 22.9 Å². The Bertz CT molecular complexity index is 548. The van der Waals surface area contributed by atoms with E-state index in [4.69, 9.17) is 9.15 Å². The van der Waals surface area contributed by atoms with Crippen molar-refractivity contribution in [3.63, 3.8) is 0 Å². The van der Waals surface area contributed by atoms with E-state index >= 15 is 0 Å². The molecule has 0 saturated heterocycles. The Balaban J connectivity index is 2.32. The number of ether oxygens (including phenoxy) is 1. The van der Waals surface area contributed by atoms with Crippen LogP contribution in [0.5, 0.6) is 5.75 Å². The second-order valence-corrected chi connectivity index (χ2v) is 3.95. The number of hydrogen-bond donors (Lipinski definition) is 1. The van der Waals surface area contributed by atoms with E-state index < -0.39 is 0 Å². The second kappa shape index (κ2) is 5.64. The largest absolute Gasteiger partial charge is 0.446 e. The van der Waals surface area contributed by atoms with Crippen LogP contribution in [0.1, 0.15) is 19.4 Å². The first-order valence-electron chi connectivity index (χ1n) is 5.96. The quantitative estimate of drug-likeness (QED) is 0.646. The lowest BCUT2D eigenvalue weighted by Crippen LogP contribution is -2.15. The molecule has 0 unspecified atom stereocenters. The zero-order valence-electron chi connectivity index (χ0n) is 10.5. The first-order chi connectivity index (χ1) is 8.72. The molecule has 0 atom stereocenters. The summed E-state index contributed by atoms with van der Waals surface area (Å²) < 4.78 is 10.5. The van der Waals surface area contributed by atoms with E-state index in [0.717, 1.165) is 30.5 Å². The molecule has 0 aliphatic rings. The molecule has 0 aliphatic heterocycles. The van der Waals surface area contributed by atoms with E-state index in [9.17, 15) is 4.79 Å². The minimum Gasteiger partial charge on any atom is -0.446 e. The molecular weight excluding hydrogens is 232 g/mol. The number of hydrogen-bond acceptors (Lipinski definition) is 5.